The summed E-state index contributed by atoms with van der Waals surface area (Å²) < 4.78 is 11.1. The average molecular weight is 445 g/mol. The van der Waals surface area contributed by atoms with Gasteiger partial charge in [-0.2, -0.15) is 5.10 Å². The molecule has 1 N–H and O–H groups in total. The molecule has 170 valence electrons. The van der Waals surface area contributed by atoms with Crippen LogP contribution in [0.5, 0.6) is 11.5 Å². The van der Waals surface area contributed by atoms with Gasteiger partial charge in [0.1, 0.15) is 11.5 Å². The van der Waals surface area contributed by atoms with E-state index in [1.54, 1.807) is 26.6 Å². The number of hydrogen-bond acceptors (Lipinski definition) is 7. The summed E-state index contributed by atoms with van der Waals surface area (Å²) in [5.41, 5.74) is 5.47. The molecule has 3 heterocycles. The molecule has 0 unspecified atom stereocenters. The van der Waals surface area contributed by atoms with Crippen molar-refractivity contribution in [2.24, 2.45) is 0 Å². The summed E-state index contributed by atoms with van der Waals surface area (Å²) in [7, 11) is 3.35. The molecule has 0 amide bonds. The number of nitrogens with zero attached hydrogens (tertiary/aromatic N) is 5. The second-order valence-corrected chi connectivity index (χ2v) is 8.19. The van der Waals surface area contributed by atoms with Crippen molar-refractivity contribution in [3.8, 4) is 22.8 Å². The van der Waals surface area contributed by atoms with Gasteiger partial charge in [-0.05, 0) is 44.1 Å². The van der Waals surface area contributed by atoms with Gasteiger partial charge in [-0.1, -0.05) is 0 Å². The van der Waals surface area contributed by atoms with Crippen LogP contribution in [0, 0.1) is 0 Å². The van der Waals surface area contributed by atoms with Crippen molar-refractivity contribution in [3.05, 3.63) is 55.0 Å². The fourth-order valence-corrected chi connectivity index (χ4v) is 4.30. The van der Waals surface area contributed by atoms with Gasteiger partial charge in [-0.25, -0.2) is 4.98 Å². The number of anilines is 2. The van der Waals surface area contributed by atoms with Crippen LogP contribution in [0.3, 0.4) is 0 Å². The van der Waals surface area contributed by atoms with Crippen LogP contribution < -0.4 is 14.4 Å². The van der Waals surface area contributed by atoms with Gasteiger partial charge in [0.25, 0.3) is 0 Å². The van der Waals surface area contributed by atoms with Gasteiger partial charge in [0.15, 0.2) is 0 Å². The Morgan fingerprint density at radius 2 is 1.73 bits per heavy atom. The van der Waals surface area contributed by atoms with Gasteiger partial charge >= 0.3 is 0 Å². The molecule has 0 aliphatic carbocycles. The Labute approximate surface area is 193 Å². The minimum Gasteiger partial charge on any atom is -0.497 e. The molecule has 1 aliphatic rings. The van der Waals surface area contributed by atoms with Crippen molar-refractivity contribution < 1.29 is 9.47 Å². The first-order valence-electron chi connectivity index (χ1n) is 11.2. The number of ether oxygens (including phenoxy) is 2. The quantitative estimate of drug-likeness (QED) is 0.435. The second kappa shape index (κ2) is 9.46. The number of rotatable bonds is 8. The van der Waals surface area contributed by atoms with E-state index in [4.69, 9.17) is 14.5 Å². The number of likely N-dealkylation sites (tertiary alicyclic amines) is 1. The monoisotopic (exact) mass is 444 g/mol. The summed E-state index contributed by atoms with van der Waals surface area (Å²) in [6, 6.07) is 12.2. The maximum Gasteiger partial charge on any atom is 0.124 e. The Hall–Kier alpha value is -3.65. The minimum atomic E-state index is 0.762. The second-order valence-electron chi connectivity index (χ2n) is 8.19. The highest BCUT2D eigenvalue weighted by Gasteiger charge is 2.17. The molecule has 2 aromatic carbocycles. The van der Waals surface area contributed by atoms with Crippen LogP contribution in [0.2, 0.25) is 0 Å². The summed E-state index contributed by atoms with van der Waals surface area (Å²) in [5, 5.41) is 6.87. The number of nitrogens with one attached hydrogen (secondary N) is 1. The van der Waals surface area contributed by atoms with Crippen molar-refractivity contribution in [3.63, 3.8) is 0 Å². The summed E-state index contributed by atoms with van der Waals surface area (Å²) in [5.74, 6) is 1.52. The summed E-state index contributed by atoms with van der Waals surface area (Å²) in [6.07, 6.45) is 7.91. The highest BCUT2D eigenvalue weighted by molar-refractivity contribution is 5.82. The fourth-order valence-electron chi connectivity index (χ4n) is 4.30. The fraction of sp³-hybridized carbons (Fsp3) is 0.320. The lowest BCUT2D eigenvalue weighted by molar-refractivity contribution is 0.348. The maximum absolute atomic E-state index is 5.54. The smallest absolute Gasteiger partial charge is 0.124 e. The van der Waals surface area contributed by atoms with Crippen LogP contribution >= 0.6 is 0 Å². The zero-order chi connectivity index (χ0) is 22.6. The minimum absolute atomic E-state index is 0.762. The van der Waals surface area contributed by atoms with Crippen molar-refractivity contribution in [2.45, 2.75) is 12.8 Å². The van der Waals surface area contributed by atoms with E-state index < -0.39 is 0 Å². The molecule has 0 radical (unpaired) electrons. The molecule has 1 aliphatic heterocycles. The number of aromatic nitrogens is 4. The van der Waals surface area contributed by atoms with Gasteiger partial charge in [-0.15, -0.1) is 0 Å². The highest BCUT2D eigenvalue weighted by Crippen LogP contribution is 2.34. The first kappa shape index (κ1) is 21.2. The van der Waals surface area contributed by atoms with E-state index in [2.05, 4.69) is 37.1 Å². The van der Waals surface area contributed by atoms with E-state index in [1.165, 1.54) is 12.8 Å². The highest BCUT2D eigenvalue weighted by atomic mass is 16.5. The van der Waals surface area contributed by atoms with Crippen LogP contribution in [-0.4, -0.2) is 65.5 Å². The van der Waals surface area contributed by atoms with E-state index in [-0.39, 0.29) is 0 Å². The number of benzene rings is 2. The Balaban J connectivity index is 1.54. The molecule has 1 fully saturated rings. The Morgan fingerprint density at radius 1 is 0.939 bits per heavy atom. The zero-order valence-corrected chi connectivity index (χ0v) is 19.0. The molecule has 2 aromatic heterocycles. The van der Waals surface area contributed by atoms with Gasteiger partial charge in [-0.3, -0.25) is 10.1 Å². The van der Waals surface area contributed by atoms with Crippen LogP contribution in [0.1, 0.15) is 12.8 Å². The van der Waals surface area contributed by atoms with E-state index in [0.29, 0.717) is 0 Å². The molecular formula is C25H28N6O2. The predicted molar refractivity (Wildman–Crippen MR) is 129 cm³/mol. The molecule has 1 saturated heterocycles. The molecule has 5 rings (SSSR count). The molecule has 8 nitrogen and oxygen atoms in total. The van der Waals surface area contributed by atoms with Crippen molar-refractivity contribution in [1.82, 2.24) is 25.1 Å². The first-order valence-corrected chi connectivity index (χ1v) is 11.2. The summed E-state index contributed by atoms with van der Waals surface area (Å²) >= 11 is 0. The largest absolute Gasteiger partial charge is 0.497 e. The topological polar surface area (TPSA) is 79.4 Å². The maximum atomic E-state index is 5.54. The van der Waals surface area contributed by atoms with Gasteiger partial charge in [0.05, 0.1) is 43.3 Å². The van der Waals surface area contributed by atoms with Gasteiger partial charge in [0, 0.05) is 54.4 Å². The van der Waals surface area contributed by atoms with Crippen molar-refractivity contribution >= 4 is 22.4 Å². The summed E-state index contributed by atoms with van der Waals surface area (Å²) in [4.78, 5) is 14.3. The standard InChI is InChI=1S/C25H28N6O2/c1-32-21-11-20(12-22(14-21)33-2)31(10-9-30-7-3-4-8-30)19-5-6-23-24(13-19)29-25(17-26-23)18-15-27-28-16-18/h5-6,11-17H,3-4,7-10H2,1-2H3,(H,27,28). The zero-order valence-electron chi connectivity index (χ0n) is 19.0. The van der Waals surface area contributed by atoms with Crippen LogP contribution in [-0.2, 0) is 0 Å². The Morgan fingerprint density at radius 3 is 2.42 bits per heavy atom. The number of aromatic amines is 1. The molecule has 0 bridgehead atoms. The molecule has 0 atom stereocenters. The predicted octanol–water partition coefficient (Wildman–Crippen LogP) is 4.27. The molecular weight excluding hydrogens is 416 g/mol. The number of H-pyrrole nitrogens is 1. The normalized spacial score (nSPS) is 14.0. The third-order valence-corrected chi connectivity index (χ3v) is 6.12. The molecule has 4 aromatic rings. The third-order valence-electron chi connectivity index (χ3n) is 6.12. The van der Waals surface area contributed by atoms with Crippen LogP contribution in [0.15, 0.2) is 55.0 Å². The van der Waals surface area contributed by atoms with E-state index in [9.17, 15) is 0 Å². The first-order chi connectivity index (χ1) is 16.2. The van der Waals surface area contributed by atoms with E-state index >= 15 is 0 Å². The third kappa shape index (κ3) is 4.61. The van der Waals surface area contributed by atoms with E-state index in [0.717, 1.165) is 71.3 Å². The lowest BCUT2D eigenvalue weighted by Gasteiger charge is -2.28. The Kier molecular flexibility index (Phi) is 6.08. The van der Waals surface area contributed by atoms with Crippen LogP contribution in [0.4, 0.5) is 11.4 Å². The average Bonchev–Trinajstić information content (AvgIpc) is 3.58. The van der Waals surface area contributed by atoms with Crippen molar-refractivity contribution in [1.29, 1.82) is 0 Å². The molecule has 0 spiro atoms. The number of methoxy groups -OCH3 is 2. The SMILES string of the molecule is COc1cc(OC)cc(N(CCN2CCCC2)c2ccc3ncc(-c4cn[nH]c4)nc3c2)c1. The van der Waals surface area contributed by atoms with E-state index in [1.807, 2.05) is 30.5 Å². The van der Waals surface area contributed by atoms with Gasteiger partial charge in [0.2, 0.25) is 0 Å². The lowest BCUT2D eigenvalue weighted by atomic mass is 10.2. The molecule has 8 heteroatoms. The lowest BCUT2D eigenvalue weighted by Crippen LogP contribution is -2.31. The Bertz CT molecular complexity index is 1200. The number of hydrogen-bond donors (Lipinski definition) is 1. The molecule has 33 heavy (non-hydrogen) atoms. The summed E-state index contributed by atoms with van der Waals surface area (Å²) in [6.45, 7) is 4.15. The van der Waals surface area contributed by atoms with Crippen LogP contribution in [0.25, 0.3) is 22.3 Å². The number of fused-ring (bicyclic) bond motifs is 1. The van der Waals surface area contributed by atoms with Crippen molar-refractivity contribution in [2.75, 3.05) is 45.3 Å². The molecule has 0 saturated carbocycles. The van der Waals surface area contributed by atoms with Gasteiger partial charge < -0.3 is 19.3 Å².